The zero-order valence-corrected chi connectivity index (χ0v) is 17.3. The highest BCUT2D eigenvalue weighted by Crippen LogP contribution is 2.22. The number of quaternary nitrogens is 1. The van der Waals surface area contributed by atoms with E-state index in [0.29, 0.717) is 6.54 Å². The minimum Gasteiger partial charge on any atom is -0.378 e. The molecule has 1 aliphatic rings. The Balaban J connectivity index is 1.46. The Labute approximate surface area is 175 Å². The lowest BCUT2D eigenvalue weighted by molar-refractivity contribution is -0.902. The van der Waals surface area contributed by atoms with Crippen LogP contribution in [0.5, 0.6) is 0 Å². The third kappa shape index (κ3) is 5.36. The quantitative estimate of drug-likeness (QED) is 0.558. The minimum absolute atomic E-state index is 0.238. The zero-order valence-electron chi connectivity index (χ0n) is 16.5. The number of para-hydroxylation sites is 1. The normalized spacial score (nSPS) is 14.8. The molecule has 1 aromatic heterocycles. The van der Waals surface area contributed by atoms with Crippen molar-refractivity contribution in [3.63, 3.8) is 0 Å². The van der Waals surface area contributed by atoms with E-state index < -0.39 is 0 Å². The molecule has 0 amide bonds. The summed E-state index contributed by atoms with van der Waals surface area (Å²) in [7, 11) is 0. The predicted molar refractivity (Wildman–Crippen MR) is 115 cm³/mol. The van der Waals surface area contributed by atoms with E-state index in [1.54, 1.807) is 28.8 Å². The van der Waals surface area contributed by atoms with E-state index in [1.807, 2.05) is 18.2 Å². The third-order valence-electron chi connectivity index (χ3n) is 5.26. The molecule has 1 fully saturated rings. The smallest absolute Gasteiger partial charge is 0.196 e. The maximum Gasteiger partial charge on any atom is 0.196 e. The first kappa shape index (κ1) is 19.9. The van der Waals surface area contributed by atoms with Gasteiger partial charge in [-0.15, -0.1) is 10.2 Å². The fraction of sp³-hybridized carbons (Fsp3) is 0.364. The van der Waals surface area contributed by atoms with Crippen molar-refractivity contribution in [3.05, 3.63) is 66.2 Å². The Morgan fingerprint density at radius 2 is 1.72 bits per heavy atom. The van der Waals surface area contributed by atoms with Gasteiger partial charge in [-0.3, -0.25) is 4.57 Å². The van der Waals surface area contributed by atoms with Crippen molar-refractivity contribution >= 4 is 17.4 Å². The van der Waals surface area contributed by atoms with Crippen LogP contribution in [0.3, 0.4) is 0 Å². The molecular formula is C22H27FN5S+. The molecule has 5 nitrogen and oxygen atoms in total. The van der Waals surface area contributed by atoms with Gasteiger partial charge in [-0.2, -0.15) is 0 Å². The van der Waals surface area contributed by atoms with E-state index in [1.165, 1.54) is 44.5 Å². The van der Waals surface area contributed by atoms with Gasteiger partial charge in [-0.05, 0) is 55.7 Å². The van der Waals surface area contributed by atoms with Crippen LogP contribution in [0, 0.1) is 5.82 Å². The fourth-order valence-electron chi connectivity index (χ4n) is 3.68. The van der Waals surface area contributed by atoms with Gasteiger partial charge >= 0.3 is 0 Å². The van der Waals surface area contributed by atoms with Crippen molar-refractivity contribution in [2.75, 3.05) is 30.7 Å². The second-order valence-corrected chi connectivity index (χ2v) is 8.40. The first-order valence-corrected chi connectivity index (χ1v) is 11.2. The summed E-state index contributed by atoms with van der Waals surface area (Å²) in [4.78, 5) is 1.70. The first-order chi connectivity index (χ1) is 14.3. The number of benzene rings is 2. The second kappa shape index (κ2) is 9.89. The van der Waals surface area contributed by atoms with E-state index in [-0.39, 0.29) is 5.82 Å². The van der Waals surface area contributed by atoms with Gasteiger partial charge in [0.2, 0.25) is 0 Å². The maximum atomic E-state index is 13.1. The Morgan fingerprint density at radius 3 is 2.48 bits per heavy atom. The SMILES string of the molecule is Fc1ccc(NCc2nnc(SCC[NH+]3CCCCC3)n2-c2ccccc2)cc1. The molecule has 2 heterocycles. The maximum absolute atomic E-state index is 13.1. The molecule has 3 aromatic rings. The monoisotopic (exact) mass is 412 g/mol. The molecule has 0 spiro atoms. The molecule has 0 aliphatic carbocycles. The summed E-state index contributed by atoms with van der Waals surface area (Å²) in [5, 5.41) is 13.1. The van der Waals surface area contributed by atoms with Crippen molar-refractivity contribution in [2.24, 2.45) is 0 Å². The van der Waals surface area contributed by atoms with Gasteiger partial charge in [-0.25, -0.2) is 4.39 Å². The minimum atomic E-state index is -0.238. The van der Waals surface area contributed by atoms with Gasteiger partial charge in [0.15, 0.2) is 11.0 Å². The molecule has 1 saturated heterocycles. The van der Waals surface area contributed by atoms with Crippen molar-refractivity contribution in [1.82, 2.24) is 14.8 Å². The Morgan fingerprint density at radius 1 is 0.966 bits per heavy atom. The predicted octanol–water partition coefficient (Wildman–Crippen LogP) is 3.18. The van der Waals surface area contributed by atoms with Crippen LogP contribution in [0.15, 0.2) is 59.8 Å². The Kier molecular flexibility index (Phi) is 6.79. The summed E-state index contributed by atoms with van der Waals surface area (Å²) >= 11 is 1.77. The molecule has 0 unspecified atom stereocenters. The number of nitrogens with one attached hydrogen (secondary N) is 2. The van der Waals surface area contributed by atoms with E-state index in [2.05, 4.69) is 32.2 Å². The van der Waals surface area contributed by atoms with Crippen molar-refractivity contribution in [2.45, 2.75) is 31.0 Å². The van der Waals surface area contributed by atoms with Crippen LogP contribution >= 0.6 is 11.8 Å². The molecule has 2 aromatic carbocycles. The van der Waals surface area contributed by atoms with Crippen molar-refractivity contribution in [3.8, 4) is 5.69 Å². The molecule has 0 atom stereocenters. The van der Waals surface area contributed by atoms with Crippen LogP contribution in [0.4, 0.5) is 10.1 Å². The van der Waals surface area contributed by atoms with E-state index >= 15 is 0 Å². The van der Waals surface area contributed by atoms with Crippen LogP contribution in [-0.4, -0.2) is 40.2 Å². The Hall–Kier alpha value is -2.38. The van der Waals surface area contributed by atoms with Gasteiger partial charge in [0, 0.05) is 11.4 Å². The molecule has 152 valence electrons. The van der Waals surface area contributed by atoms with E-state index in [0.717, 1.165) is 34.7 Å². The average molecular weight is 413 g/mol. The number of hydrogen-bond donors (Lipinski definition) is 2. The summed E-state index contributed by atoms with van der Waals surface area (Å²) in [6, 6.07) is 16.6. The van der Waals surface area contributed by atoms with Crippen molar-refractivity contribution in [1.29, 1.82) is 0 Å². The highest BCUT2D eigenvalue weighted by molar-refractivity contribution is 7.99. The number of hydrogen-bond acceptors (Lipinski definition) is 4. The van der Waals surface area contributed by atoms with Gasteiger partial charge in [0.05, 0.1) is 31.9 Å². The molecule has 2 N–H and O–H groups in total. The second-order valence-electron chi connectivity index (χ2n) is 7.34. The molecule has 29 heavy (non-hydrogen) atoms. The lowest BCUT2D eigenvalue weighted by Gasteiger charge is -2.23. The summed E-state index contributed by atoms with van der Waals surface area (Å²) in [6.07, 6.45) is 4.07. The van der Waals surface area contributed by atoms with E-state index in [4.69, 9.17) is 0 Å². The van der Waals surface area contributed by atoms with Crippen LogP contribution in [0.2, 0.25) is 0 Å². The fourth-order valence-corrected chi connectivity index (χ4v) is 4.69. The number of thioether (sulfide) groups is 1. The van der Waals surface area contributed by atoms with E-state index in [9.17, 15) is 4.39 Å². The van der Waals surface area contributed by atoms with Crippen LogP contribution in [-0.2, 0) is 6.54 Å². The number of halogens is 1. The topological polar surface area (TPSA) is 47.2 Å². The summed E-state index contributed by atoms with van der Waals surface area (Å²) in [5.41, 5.74) is 1.91. The molecule has 0 bridgehead atoms. The van der Waals surface area contributed by atoms with Gasteiger partial charge in [0.1, 0.15) is 5.82 Å². The van der Waals surface area contributed by atoms with Gasteiger partial charge < -0.3 is 10.2 Å². The number of aromatic nitrogens is 3. The number of nitrogens with zero attached hydrogens (tertiary/aromatic N) is 3. The standard InChI is InChI=1S/C22H26FN5S/c23-18-9-11-19(12-10-18)24-17-21-25-26-22(28(21)20-7-3-1-4-8-20)29-16-15-27-13-5-2-6-14-27/h1,3-4,7-12,24H,2,5-6,13-17H2/p+1. The lowest BCUT2D eigenvalue weighted by Crippen LogP contribution is -3.13. The number of likely N-dealkylation sites (tertiary alicyclic amines) is 1. The largest absolute Gasteiger partial charge is 0.378 e. The summed E-state index contributed by atoms with van der Waals surface area (Å²) in [5.74, 6) is 1.64. The highest BCUT2D eigenvalue weighted by Gasteiger charge is 2.17. The van der Waals surface area contributed by atoms with Crippen LogP contribution < -0.4 is 10.2 Å². The zero-order chi connectivity index (χ0) is 19.9. The van der Waals surface area contributed by atoms with Crippen molar-refractivity contribution < 1.29 is 9.29 Å². The van der Waals surface area contributed by atoms with Crippen LogP contribution in [0.25, 0.3) is 5.69 Å². The molecule has 0 saturated carbocycles. The summed E-state index contributed by atoms with van der Waals surface area (Å²) in [6.45, 7) is 4.26. The number of piperidine rings is 1. The molecule has 7 heteroatoms. The van der Waals surface area contributed by atoms with Gasteiger partial charge in [0.25, 0.3) is 0 Å². The third-order valence-corrected chi connectivity index (χ3v) is 6.19. The average Bonchev–Trinajstić information content (AvgIpc) is 3.17. The van der Waals surface area contributed by atoms with Gasteiger partial charge in [-0.1, -0.05) is 30.0 Å². The van der Waals surface area contributed by atoms with Crippen LogP contribution in [0.1, 0.15) is 25.1 Å². The lowest BCUT2D eigenvalue weighted by atomic mass is 10.1. The molecular weight excluding hydrogens is 385 g/mol. The first-order valence-electron chi connectivity index (χ1n) is 10.2. The molecule has 0 radical (unpaired) electrons. The number of rotatable bonds is 8. The highest BCUT2D eigenvalue weighted by atomic mass is 32.2. The molecule has 1 aliphatic heterocycles. The summed E-state index contributed by atoms with van der Waals surface area (Å²) < 4.78 is 15.3. The Bertz CT molecular complexity index is 891. The molecule has 4 rings (SSSR count). The number of anilines is 1.